The van der Waals surface area contributed by atoms with E-state index in [1.54, 1.807) is 17.2 Å². The molecule has 5 rings (SSSR count). The zero-order valence-corrected chi connectivity index (χ0v) is 22.4. The van der Waals surface area contributed by atoms with Gasteiger partial charge in [0.15, 0.2) is 0 Å². The lowest BCUT2D eigenvalue weighted by atomic mass is 10.0. The molecule has 0 saturated carbocycles. The first-order chi connectivity index (χ1) is 18.3. The van der Waals surface area contributed by atoms with E-state index in [4.69, 9.17) is 11.6 Å². The fourth-order valence-electron chi connectivity index (χ4n) is 4.57. The highest BCUT2D eigenvalue weighted by Crippen LogP contribution is 2.31. The van der Waals surface area contributed by atoms with Gasteiger partial charge in [-0.2, -0.15) is 4.98 Å². The van der Waals surface area contributed by atoms with Crippen molar-refractivity contribution in [2.75, 3.05) is 31.5 Å². The molecule has 1 aromatic carbocycles. The van der Waals surface area contributed by atoms with E-state index in [1.165, 1.54) is 4.57 Å². The molecule has 0 atom stereocenters. The van der Waals surface area contributed by atoms with Crippen LogP contribution in [0.1, 0.15) is 19.5 Å². The Morgan fingerprint density at radius 2 is 1.89 bits per heavy atom. The van der Waals surface area contributed by atoms with E-state index < -0.39 is 0 Å². The lowest BCUT2D eigenvalue weighted by Gasteiger charge is -2.28. The quantitative estimate of drug-likeness (QED) is 0.390. The summed E-state index contributed by atoms with van der Waals surface area (Å²) in [5.41, 5.74) is 3.58. The van der Waals surface area contributed by atoms with Gasteiger partial charge in [-0.05, 0) is 45.0 Å². The molecule has 0 bridgehead atoms. The Morgan fingerprint density at radius 3 is 2.61 bits per heavy atom. The maximum atomic E-state index is 13.9. The second-order valence-corrected chi connectivity index (χ2v) is 10.1. The monoisotopic (exact) mass is 531 g/mol. The summed E-state index contributed by atoms with van der Waals surface area (Å²) in [5, 5.41) is 7.48. The van der Waals surface area contributed by atoms with E-state index in [0.29, 0.717) is 46.2 Å². The van der Waals surface area contributed by atoms with Gasteiger partial charge < -0.3 is 15.5 Å². The van der Waals surface area contributed by atoms with E-state index in [2.05, 4.69) is 25.6 Å². The van der Waals surface area contributed by atoms with Crippen LogP contribution < -0.4 is 16.2 Å². The standard InChI is InChI=1S/C28H30ClN7O2/c1-17(2)32-28-31-15-20-13-22(21-8-7-19(14-23(21)29)24-6-4-5-18(3)33-24)27(38)36(26(20)34-28)16-25(37)35-11-9-30-10-12-35/h4-8,13-15,17,30H,9-12,16H2,1-3H3,(H,31,32,34). The lowest BCUT2D eigenvalue weighted by molar-refractivity contribution is -0.132. The number of hydrogen-bond acceptors (Lipinski definition) is 7. The largest absolute Gasteiger partial charge is 0.352 e. The molecule has 0 radical (unpaired) electrons. The van der Waals surface area contributed by atoms with Crippen LogP contribution in [0.5, 0.6) is 0 Å². The summed E-state index contributed by atoms with van der Waals surface area (Å²) in [5.74, 6) is 0.270. The number of carbonyl (C=O) groups is 1. The molecule has 196 valence electrons. The van der Waals surface area contributed by atoms with E-state index >= 15 is 0 Å². The number of hydrogen-bond donors (Lipinski definition) is 2. The van der Waals surface area contributed by atoms with Crippen molar-refractivity contribution >= 4 is 34.5 Å². The van der Waals surface area contributed by atoms with E-state index in [0.717, 1.165) is 30.0 Å². The number of rotatable bonds is 6. The van der Waals surface area contributed by atoms with Gasteiger partial charge in [0.2, 0.25) is 11.9 Å². The highest BCUT2D eigenvalue weighted by atomic mass is 35.5. The molecule has 0 spiro atoms. The predicted octanol–water partition coefficient (Wildman–Crippen LogP) is 3.73. The number of aryl methyl sites for hydroxylation is 1. The van der Waals surface area contributed by atoms with Gasteiger partial charge in [-0.1, -0.05) is 29.8 Å². The van der Waals surface area contributed by atoms with Crippen LogP contribution in [0.15, 0.2) is 53.5 Å². The number of anilines is 1. The summed E-state index contributed by atoms with van der Waals surface area (Å²) in [6.07, 6.45) is 1.67. The van der Waals surface area contributed by atoms with Crippen LogP contribution in [0, 0.1) is 6.92 Å². The molecule has 0 aliphatic carbocycles. The Hall–Kier alpha value is -3.82. The highest BCUT2D eigenvalue weighted by Gasteiger charge is 2.21. The molecule has 0 unspecified atom stereocenters. The average Bonchev–Trinajstić information content (AvgIpc) is 2.90. The molecule has 10 heteroatoms. The van der Waals surface area contributed by atoms with Crippen molar-refractivity contribution in [3.05, 3.63) is 69.7 Å². The number of nitrogens with one attached hydrogen (secondary N) is 2. The Labute approximate surface area is 225 Å². The maximum absolute atomic E-state index is 13.9. The van der Waals surface area contributed by atoms with Crippen molar-refractivity contribution in [3.8, 4) is 22.4 Å². The summed E-state index contributed by atoms with van der Waals surface area (Å²) >= 11 is 6.74. The molecule has 2 N–H and O–H groups in total. The van der Waals surface area contributed by atoms with Crippen molar-refractivity contribution in [1.29, 1.82) is 0 Å². The molecular formula is C28H30ClN7O2. The van der Waals surface area contributed by atoms with Gasteiger partial charge in [-0.25, -0.2) is 4.98 Å². The minimum absolute atomic E-state index is 0.106. The topological polar surface area (TPSA) is 105 Å². The van der Waals surface area contributed by atoms with Gasteiger partial charge >= 0.3 is 0 Å². The van der Waals surface area contributed by atoms with Crippen LogP contribution >= 0.6 is 11.6 Å². The summed E-state index contributed by atoms with van der Waals surface area (Å²) in [7, 11) is 0. The fraction of sp³-hybridized carbons (Fsp3) is 0.321. The molecule has 1 amide bonds. The van der Waals surface area contributed by atoms with Gasteiger partial charge in [0, 0.05) is 71.2 Å². The van der Waals surface area contributed by atoms with Crippen LogP contribution in [-0.2, 0) is 11.3 Å². The molecule has 1 saturated heterocycles. The molecular weight excluding hydrogens is 502 g/mol. The number of pyridine rings is 2. The first-order valence-corrected chi connectivity index (χ1v) is 13.1. The first kappa shape index (κ1) is 25.8. The van der Waals surface area contributed by atoms with E-state index in [1.807, 2.05) is 57.2 Å². The van der Waals surface area contributed by atoms with Crippen LogP contribution in [0.4, 0.5) is 5.95 Å². The second-order valence-electron chi connectivity index (χ2n) is 9.71. The Kier molecular flexibility index (Phi) is 7.40. The average molecular weight is 532 g/mol. The molecule has 1 aliphatic heterocycles. The molecule has 1 aliphatic rings. The lowest BCUT2D eigenvalue weighted by Crippen LogP contribution is -2.48. The van der Waals surface area contributed by atoms with Crippen LogP contribution in [0.2, 0.25) is 5.02 Å². The Balaban J connectivity index is 1.61. The third-order valence-corrected chi connectivity index (χ3v) is 6.76. The number of amides is 1. The van der Waals surface area contributed by atoms with Crippen LogP contribution in [0.3, 0.4) is 0 Å². The number of fused-ring (bicyclic) bond motifs is 1. The van der Waals surface area contributed by atoms with Crippen molar-refractivity contribution in [2.45, 2.75) is 33.4 Å². The van der Waals surface area contributed by atoms with Gasteiger partial charge in [0.1, 0.15) is 12.2 Å². The third-order valence-electron chi connectivity index (χ3n) is 6.45. The SMILES string of the molecule is Cc1cccc(-c2ccc(-c3cc4cnc(NC(C)C)nc4n(CC(=O)N4CCNCC4)c3=O)c(Cl)c2)n1. The van der Waals surface area contributed by atoms with Gasteiger partial charge in [-0.3, -0.25) is 19.1 Å². The molecule has 4 heterocycles. The highest BCUT2D eigenvalue weighted by molar-refractivity contribution is 6.33. The van der Waals surface area contributed by atoms with Gasteiger partial charge in [0.25, 0.3) is 5.56 Å². The molecule has 9 nitrogen and oxygen atoms in total. The van der Waals surface area contributed by atoms with Crippen molar-refractivity contribution in [3.63, 3.8) is 0 Å². The number of carbonyl (C=O) groups excluding carboxylic acids is 1. The summed E-state index contributed by atoms with van der Waals surface area (Å²) in [4.78, 5) is 42.5. The van der Waals surface area contributed by atoms with Gasteiger partial charge in [0.05, 0.1) is 5.69 Å². The smallest absolute Gasteiger partial charge is 0.260 e. The number of halogens is 1. The molecule has 3 aromatic heterocycles. The first-order valence-electron chi connectivity index (χ1n) is 12.7. The minimum atomic E-state index is -0.335. The number of benzene rings is 1. The van der Waals surface area contributed by atoms with E-state index in [9.17, 15) is 9.59 Å². The summed E-state index contributed by atoms with van der Waals surface area (Å²) in [6.45, 7) is 8.42. The zero-order valence-electron chi connectivity index (χ0n) is 21.7. The number of aromatic nitrogens is 4. The summed E-state index contributed by atoms with van der Waals surface area (Å²) in [6, 6.07) is 13.2. The predicted molar refractivity (Wildman–Crippen MR) is 150 cm³/mol. The van der Waals surface area contributed by atoms with E-state index in [-0.39, 0.29) is 24.1 Å². The number of nitrogens with zero attached hydrogens (tertiary/aromatic N) is 5. The Bertz CT molecular complexity index is 1560. The maximum Gasteiger partial charge on any atom is 0.260 e. The van der Waals surface area contributed by atoms with Crippen molar-refractivity contribution < 1.29 is 4.79 Å². The molecule has 4 aromatic rings. The number of piperazine rings is 1. The zero-order chi connectivity index (χ0) is 26.8. The van der Waals surface area contributed by atoms with Crippen molar-refractivity contribution in [2.24, 2.45) is 0 Å². The molecule has 38 heavy (non-hydrogen) atoms. The summed E-state index contributed by atoms with van der Waals surface area (Å²) < 4.78 is 1.44. The minimum Gasteiger partial charge on any atom is -0.352 e. The Morgan fingerprint density at radius 1 is 1.11 bits per heavy atom. The molecule has 1 fully saturated rings. The van der Waals surface area contributed by atoms with Crippen LogP contribution in [-0.4, -0.2) is 62.5 Å². The van der Waals surface area contributed by atoms with Crippen molar-refractivity contribution in [1.82, 2.24) is 29.7 Å². The third kappa shape index (κ3) is 5.39. The van der Waals surface area contributed by atoms with Gasteiger partial charge in [-0.15, -0.1) is 0 Å². The van der Waals surface area contributed by atoms with Crippen LogP contribution in [0.25, 0.3) is 33.4 Å². The normalized spacial score (nSPS) is 13.8. The fourth-order valence-corrected chi connectivity index (χ4v) is 4.85. The second kappa shape index (κ2) is 10.9.